The van der Waals surface area contributed by atoms with Crippen molar-refractivity contribution in [2.75, 3.05) is 36.5 Å². The van der Waals surface area contributed by atoms with Gasteiger partial charge < -0.3 is 15.0 Å². The molecular formula is C22H26N6O2S. The van der Waals surface area contributed by atoms with Crippen molar-refractivity contribution in [2.45, 2.75) is 31.2 Å². The maximum Gasteiger partial charge on any atom is 0.237 e. The molecule has 31 heavy (non-hydrogen) atoms. The van der Waals surface area contributed by atoms with Gasteiger partial charge in [-0.25, -0.2) is 0 Å². The van der Waals surface area contributed by atoms with Crippen molar-refractivity contribution in [1.29, 1.82) is 0 Å². The normalized spacial score (nSPS) is 15.0. The number of para-hydroxylation sites is 1. The van der Waals surface area contributed by atoms with E-state index in [4.69, 9.17) is 4.74 Å². The maximum absolute atomic E-state index is 12.8. The van der Waals surface area contributed by atoms with Gasteiger partial charge in [0.05, 0.1) is 24.2 Å². The number of ether oxygens (including phenoxy) is 1. The summed E-state index contributed by atoms with van der Waals surface area (Å²) in [6.07, 6.45) is 0. The van der Waals surface area contributed by atoms with E-state index in [0.29, 0.717) is 5.16 Å². The Hall–Kier alpha value is -2.91. The molecule has 0 bridgehead atoms. The molecule has 0 aliphatic carbocycles. The molecule has 2 heterocycles. The zero-order chi connectivity index (χ0) is 21.8. The molecule has 1 N–H and O–H groups in total. The predicted octanol–water partition coefficient (Wildman–Crippen LogP) is 3.24. The van der Waals surface area contributed by atoms with Crippen LogP contribution >= 0.6 is 11.8 Å². The van der Waals surface area contributed by atoms with Crippen molar-refractivity contribution in [3.63, 3.8) is 0 Å². The largest absolute Gasteiger partial charge is 0.378 e. The fourth-order valence-electron chi connectivity index (χ4n) is 3.57. The number of carbonyl (C=O) groups excluding carboxylic acids is 1. The molecule has 162 valence electrons. The van der Waals surface area contributed by atoms with Crippen LogP contribution < -0.4 is 10.2 Å². The fraction of sp³-hybridized carbons (Fsp3) is 0.364. The molecule has 4 rings (SSSR count). The van der Waals surface area contributed by atoms with Crippen LogP contribution in [0.3, 0.4) is 0 Å². The van der Waals surface area contributed by atoms with Crippen molar-refractivity contribution >= 4 is 29.0 Å². The summed E-state index contributed by atoms with van der Waals surface area (Å²) in [6, 6.07) is 14.0. The monoisotopic (exact) mass is 438 g/mol. The number of tetrazole rings is 1. The Bertz CT molecular complexity index is 1030. The topological polar surface area (TPSA) is 85.2 Å². The third-order valence-electron chi connectivity index (χ3n) is 5.25. The van der Waals surface area contributed by atoms with Gasteiger partial charge in [-0.05, 0) is 66.6 Å². The highest BCUT2D eigenvalue weighted by atomic mass is 32.2. The minimum absolute atomic E-state index is 0.0971. The summed E-state index contributed by atoms with van der Waals surface area (Å²) in [7, 11) is 0. The Morgan fingerprint density at radius 2 is 1.77 bits per heavy atom. The molecule has 0 spiro atoms. The molecule has 1 aliphatic rings. The number of hydrogen-bond acceptors (Lipinski definition) is 7. The molecule has 0 radical (unpaired) electrons. The molecule has 1 fully saturated rings. The Morgan fingerprint density at radius 1 is 1.10 bits per heavy atom. The lowest BCUT2D eigenvalue weighted by atomic mass is 10.1. The first-order valence-electron chi connectivity index (χ1n) is 10.3. The summed E-state index contributed by atoms with van der Waals surface area (Å²) in [4.78, 5) is 15.0. The summed E-state index contributed by atoms with van der Waals surface area (Å²) < 4.78 is 7.10. The summed E-state index contributed by atoms with van der Waals surface area (Å²) in [5.41, 5.74) is 5.00. The smallest absolute Gasteiger partial charge is 0.237 e. The predicted molar refractivity (Wildman–Crippen MR) is 122 cm³/mol. The Labute approximate surface area is 186 Å². The minimum atomic E-state index is -0.368. The van der Waals surface area contributed by atoms with E-state index >= 15 is 0 Å². The molecule has 1 saturated heterocycles. The highest BCUT2D eigenvalue weighted by molar-refractivity contribution is 8.00. The van der Waals surface area contributed by atoms with E-state index in [1.165, 1.54) is 11.8 Å². The number of carbonyl (C=O) groups is 1. The number of morpholine rings is 1. The lowest BCUT2D eigenvalue weighted by Crippen LogP contribution is -2.36. The molecule has 1 atom stereocenters. The standard InChI is InChI=1S/C22H26N6O2S/c1-15-5-4-6-16(2)20(15)28-22(24-25-26-28)31-17(3)21(29)23-18-7-9-19(10-8-18)27-11-13-30-14-12-27/h4-10,17H,11-14H2,1-3H3,(H,23,29). The van der Waals surface area contributed by atoms with Crippen molar-refractivity contribution in [3.8, 4) is 5.69 Å². The molecule has 8 nitrogen and oxygen atoms in total. The summed E-state index contributed by atoms with van der Waals surface area (Å²) in [5.74, 6) is -0.0971. The number of benzene rings is 2. The first kappa shape index (κ1) is 21.3. The first-order valence-corrected chi connectivity index (χ1v) is 11.2. The second kappa shape index (κ2) is 9.49. The number of aryl methyl sites for hydroxylation is 2. The molecule has 1 aliphatic heterocycles. The van der Waals surface area contributed by atoms with E-state index in [1.807, 2.05) is 63.2 Å². The summed E-state index contributed by atoms with van der Waals surface area (Å²) in [5, 5.41) is 15.3. The van der Waals surface area contributed by atoms with Crippen LogP contribution in [0.4, 0.5) is 11.4 Å². The van der Waals surface area contributed by atoms with Crippen LogP contribution in [-0.4, -0.2) is 57.7 Å². The Kier molecular flexibility index (Phi) is 6.53. The van der Waals surface area contributed by atoms with Gasteiger partial charge in [-0.3, -0.25) is 4.79 Å². The number of thioether (sulfide) groups is 1. The quantitative estimate of drug-likeness (QED) is 0.592. The van der Waals surface area contributed by atoms with Gasteiger partial charge in [-0.1, -0.05) is 30.0 Å². The average Bonchev–Trinajstić information content (AvgIpc) is 3.22. The van der Waals surface area contributed by atoms with Gasteiger partial charge in [-0.15, -0.1) is 5.10 Å². The lowest BCUT2D eigenvalue weighted by Gasteiger charge is -2.28. The molecule has 2 aromatic carbocycles. The summed E-state index contributed by atoms with van der Waals surface area (Å²) >= 11 is 1.34. The van der Waals surface area contributed by atoms with E-state index in [1.54, 1.807) is 4.68 Å². The molecular weight excluding hydrogens is 412 g/mol. The van der Waals surface area contributed by atoms with E-state index in [2.05, 4.69) is 25.7 Å². The molecule has 3 aromatic rings. The van der Waals surface area contributed by atoms with E-state index in [0.717, 1.165) is 54.5 Å². The van der Waals surface area contributed by atoms with Gasteiger partial charge >= 0.3 is 0 Å². The first-order chi connectivity index (χ1) is 15.0. The number of aromatic nitrogens is 4. The van der Waals surface area contributed by atoms with Crippen molar-refractivity contribution in [3.05, 3.63) is 53.6 Å². The second-order valence-electron chi connectivity index (χ2n) is 7.51. The molecule has 1 unspecified atom stereocenters. The lowest BCUT2D eigenvalue weighted by molar-refractivity contribution is -0.115. The molecule has 0 saturated carbocycles. The van der Waals surface area contributed by atoms with Crippen LogP contribution in [0.25, 0.3) is 5.69 Å². The molecule has 1 amide bonds. The van der Waals surface area contributed by atoms with Crippen LogP contribution in [0.1, 0.15) is 18.1 Å². The Morgan fingerprint density at radius 3 is 2.45 bits per heavy atom. The van der Waals surface area contributed by atoms with E-state index in [-0.39, 0.29) is 11.2 Å². The SMILES string of the molecule is Cc1cccc(C)c1-n1nnnc1SC(C)C(=O)Nc1ccc(N2CCOCC2)cc1. The third kappa shape index (κ3) is 4.88. The van der Waals surface area contributed by atoms with Crippen molar-refractivity contribution < 1.29 is 9.53 Å². The highest BCUT2D eigenvalue weighted by Gasteiger charge is 2.21. The van der Waals surface area contributed by atoms with Gasteiger partial charge in [0.1, 0.15) is 0 Å². The number of anilines is 2. The van der Waals surface area contributed by atoms with Crippen LogP contribution in [0.2, 0.25) is 0 Å². The van der Waals surface area contributed by atoms with Gasteiger partial charge in [-0.2, -0.15) is 4.68 Å². The number of hydrogen-bond donors (Lipinski definition) is 1. The highest BCUT2D eigenvalue weighted by Crippen LogP contribution is 2.27. The van der Waals surface area contributed by atoms with Crippen LogP contribution in [0.15, 0.2) is 47.6 Å². The second-order valence-corrected chi connectivity index (χ2v) is 8.82. The minimum Gasteiger partial charge on any atom is -0.378 e. The number of nitrogens with one attached hydrogen (secondary N) is 1. The zero-order valence-electron chi connectivity index (χ0n) is 17.9. The van der Waals surface area contributed by atoms with Crippen molar-refractivity contribution in [1.82, 2.24) is 20.2 Å². The zero-order valence-corrected chi connectivity index (χ0v) is 18.7. The van der Waals surface area contributed by atoms with Crippen LogP contribution in [0.5, 0.6) is 0 Å². The average molecular weight is 439 g/mol. The third-order valence-corrected chi connectivity index (χ3v) is 6.29. The molecule has 1 aromatic heterocycles. The van der Waals surface area contributed by atoms with Crippen LogP contribution in [0, 0.1) is 13.8 Å². The van der Waals surface area contributed by atoms with Crippen LogP contribution in [-0.2, 0) is 9.53 Å². The Balaban J connectivity index is 1.41. The van der Waals surface area contributed by atoms with Gasteiger partial charge in [0, 0.05) is 24.5 Å². The fourth-order valence-corrected chi connectivity index (χ4v) is 4.36. The molecule has 9 heteroatoms. The van der Waals surface area contributed by atoms with E-state index < -0.39 is 0 Å². The maximum atomic E-state index is 12.8. The van der Waals surface area contributed by atoms with Gasteiger partial charge in [0.15, 0.2) is 0 Å². The number of rotatable bonds is 6. The number of nitrogens with zero attached hydrogens (tertiary/aromatic N) is 5. The number of amides is 1. The van der Waals surface area contributed by atoms with Gasteiger partial charge in [0.2, 0.25) is 11.1 Å². The van der Waals surface area contributed by atoms with Gasteiger partial charge in [0.25, 0.3) is 0 Å². The summed E-state index contributed by atoms with van der Waals surface area (Å²) in [6.45, 7) is 9.16. The van der Waals surface area contributed by atoms with Crippen molar-refractivity contribution in [2.24, 2.45) is 0 Å². The van der Waals surface area contributed by atoms with E-state index in [9.17, 15) is 4.79 Å².